The summed E-state index contributed by atoms with van der Waals surface area (Å²) < 4.78 is 10.5. The fourth-order valence-corrected chi connectivity index (χ4v) is 3.05. The fraction of sp³-hybridized carbons (Fsp3) is 0.353. The third-order valence-corrected chi connectivity index (χ3v) is 4.67. The van der Waals surface area contributed by atoms with Crippen molar-refractivity contribution in [3.63, 3.8) is 0 Å². The summed E-state index contributed by atoms with van der Waals surface area (Å²) in [5, 5.41) is 3.44. The van der Waals surface area contributed by atoms with Crippen LogP contribution in [0, 0.1) is 6.92 Å². The number of amides is 1. The Morgan fingerprint density at radius 3 is 2.67 bits per heavy atom. The highest BCUT2D eigenvalue weighted by Crippen LogP contribution is 2.31. The average Bonchev–Trinajstić information content (AvgIpc) is 2.59. The van der Waals surface area contributed by atoms with Crippen molar-refractivity contribution >= 4 is 23.4 Å². The van der Waals surface area contributed by atoms with Crippen LogP contribution in [0.25, 0.3) is 0 Å². The van der Waals surface area contributed by atoms with Crippen LogP contribution in [0.15, 0.2) is 35.6 Å². The van der Waals surface area contributed by atoms with Gasteiger partial charge in [0.1, 0.15) is 22.9 Å². The van der Waals surface area contributed by atoms with Crippen LogP contribution in [0.5, 0.6) is 11.5 Å². The van der Waals surface area contributed by atoms with Gasteiger partial charge in [-0.25, -0.2) is 9.97 Å². The van der Waals surface area contributed by atoms with Gasteiger partial charge >= 0.3 is 0 Å². The highest BCUT2D eigenvalue weighted by Gasteiger charge is 2.20. The molecule has 1 heterocycles. The van der Waals surface area contributed by atoms with E-state index in [9.17, 15) is 4.79 Å². The van der Waals surface area contributed by atoms with Crippen molar-refractivity contribution in [1.29, 1.82) is 0 Å². The normalized spacial score (nSPS) is 11.7. The van der Waals surface area contributed by atoms with Crippen molar-refractivity contribution in [3.05, 3.63) is 36.3 Å². The van der Waals surface area contributed by atoms with Crippen LogP contribution in [-0.2, 0) is 4.79 Å². The number of hydrogen-bond acceptors (Lipinski definition) is 6. The lowest BCUT2D eigenvalue weighted by Gasteiger charge is -2.16. The summed E-state index contributed by atoms with van der Waals surface area (Å²) in [5.41, 5.74) is 1.49. The number of anilines is 1. The molecule has 1 amide bonds. The topological polar surface area (TPSA) is 73.3 Å². The maximum absolute atomic E-state index is 12.6. The second-order valence-corrected chi connectivity index (χ2v) is 6.29. The van der Waals surface area contributed by atoms with Crippen LogP contribution in [0.2, 0.25) is 0 Å². The zero-order valence-corrected chi connectivity index (χ0v) is 15.0. The molecule has 0 radical (unpaired) electrons. The SMILES string of the molecule is CCC(Sc1cc(C)ncn1)C(=O)Nc1ccc(OC)cc1OC. The van der Waals surface area contributed by atoms with Crippen LogP contribution < -0.4 is 14.8 Å². The summed E-state index contributed by atoms with van der Waals surface area (Å²) in [6, 6.07) is 7.15. The third kappa shape index (κ3) is 4.61. The number of aromatic nitrogens is 2. The van der Waals surface area contributed by atoms with Crippen LogP contribution in [0.1, 0.15) is 19.0 Å². The number of carbonyl (C=O) groups excluding carboxylic acids is 1. The molecule has 0 saturated carbocycles. The average molecular weight is 347 g/mol. The van der Waals surface area contributed by atoms with Gasteiger partial charge in [0.25, 0.3) is 0 Å². The van der Waals surface area contributed by atoms with E-state index < -0.39 is 0 Å². The van der Waals surface area contributed by atoms with E-state index in [0.29, 0.717) is 23.6 Å². The van der Waals surface area contributed by atoms with Gasteiger partial charge in [0.05, 0.1) is 25.2 Å². The summed E-state index contributed by atoms with van der Waals surface area (Å²) in [4.78, 5) is 20.9. The minimum absolute atomic E-state index is 0.0952. The van der Waals surface area contributed by atoms with Gasteiger partial charge in [-0.15, -0.1) is 0 Å². The largest absolute Gasteiger partial charge is 0.497 e. The third-order valence-electron chi connectivity index (χ3n) is 3.37. The second-order valence-electron chi connectivity index (χ2n) is 5.07. The van der Waals surface area contributed by atoms with Crippen molar-refractivity contribution < 1.29 is 14.3 Å². The van der Waals surface area contributed by atoms with Crippen LogP contribution >= 0.6 is 11.8 Å². The minimum Gasteiger partial charge on any atom is -0.497 e. The van der Waals surface area contributed by atoms with Crippen molar-refractivity contribution in [2.24, 2.45) is 0 Å². The van der Waals surface area contributed by atoms with E-state index in [1.807, 2.05) is 19.9 Å². The van der Waals surface area contributed by atoms with E-state index >= 15 is 0 Å². The quantitative estimate of drug-likeness (QED) is 0.612. The molecule has 0 aliphatic heterocycles. The molecular weight excluding hydrogens is 326 g/mol. The zero-order chi connectivity index (χ0) is 17.5. The molecular formula is C17H21N3O3S. The van der Waals surface area contributed by atoms with E-state index in [1.165, 1.54) is 18.1 Å². The molecule has 128 valence electrons. The Labute approximate surface area is 146 Å². The number of hydrogen-bond donors (Lipinski definition) is 1. The highest BCUT2D eigenvalue weighted by atomic mass is 32.2. The number of methoxy groups -OCH3 is 2. The number of benzene rings is 1. The lowest BCUT2D eigenvalue weighted by atomic mass is 10.2. The predicted molar refractivity (Wildman–Crippen MR) is 94.9 cm³/mol. The molecule has 0 fully saturated rings. The van der Waals surface area contributed by atoms with Gasteiger partial charge in [-0.3, -0.25) is 4.79 Å². The number of nitrogens with zero attached hydrogens (tertiary/aromatic N) is 2. The molecule has 1 aromatic carbocycles. The van der Waals surface area contributed by atoms with Gasteiger partial charge in [0.15, 0.2) is 0 Å². The van der Waals surface area contributed by atoms with Gasteiger partial charge in [-0.1, -0.05) is 18.7 Å². The number of nitrogens with one attached hydrogen (secondary N) is 1. The first-order chi connectivity index (χ1) is 11.6. The zero-order valence-electron chi connectivity index (χ0n) is 14.2. The Kier molecular flexibility index (Phi) is 6.43. The molecule has 1 unspecified atom stereocenters. The number of ether oxygens (including phenoxy) is 2. The Bertz CT molecular complexity index is 709. The molecule has 0 saturated heterocycles. The molecule has 0 spiro atoms. The van der Waals surface area contributed by atoms with Crippen molar-refractivity contribution in [3.8, 4) is 11.5 Å². The highest BCUT2D eigenvalue weighted by molar-refractivity contribution is 8.00. The molecule has 2 aromatic rings. The Morgan fingerprint density at radius 1 is 1.25 bits per heavy atom. The lowest BCUT2D eigenvalue weighted by Crippen LogP contribution is -2.25. The summed E-state index contributed by atoms with van der Waals surface area (Å²) >= 11 is 1.42. The van der Waals surface area contributed by atoms with E-state index in [-0.39, 0.29) is 11.2 Å². The smallest absolute Gasteiger partial charge is 0.238 e. The van der Waals surface area contributed by atoms with E-state index in [2.05, 4.69) is 15.3 Å². The van der Waals surface area contributed by atoms with Gasteiger partial charge in [-0.2, -0.15) is 0 Å². The van der Waals surface area contributed by atoms with Crippen LogP contribution in [0.3, 0.4) is 0 Å². The number of thioether (sulfide) groups is 1. The number of rotatable bonds is 7. The number of carbonyl (C=O) groups is 1. The first-order valence-electron chi connectivity index (χ1n) is 7.55. The van der Waals surface area contributed by atoms with Crippen molar-refractivity contribution in [2.45, 2.75) is 30.5 Å². The standard InChI is InChI=1S/C17H21N3O3S/c1-5-15(24-16-8-11(2)18-10-19-16)17(21)20-13-7-6-12(22-3)9-14(13)23-4/h6-10,15H,5H2,1-4H3,(H,20,21). The maximum Gasteiger partial charge on any atom is 0.238 e. The van der Waals surface area contributed by atoms with Crippen molar-refractivity contribution in [1.82, 2.24) is 9.97 Å². The Hall–Kier alpha value is -2.28. The van der Waals surface area contributed by atoms with Gasteiger partial charge in [0.2, 0.25) is 5.91 Å². The molecule has 2 rings (SSSR count). The minimum atomic E-state index is -0.258. The first-order valence-corrected chi connectivity index (χ1v) is 8.43. The predicted octanol–water partition coefficient (Wildman–Crippen LogP) is 3.31. The molecule has 24 heavy (non-hydrogen) atoms. The molecule has 1 N–H and O–H groups in total. The van der Waals surface area contributed by atoms with Crippen LogP contribution in [-0.4, -0.2) is 35.3 Å². The summed E-state index contributed by atoms with van der Waals surface area (Å²) in [6.45, 7) is 3.87. The van der Waals surface area contributed by atoms with E-state index in [4.69, 9.17) is 9.47 Å². The van der Waals surface area contributed by atoms with E-state index in [0.717, 1.165) is 10.7 Å². The van der Waals surface area contributed by atoms with Gasteiger partial charge < -0.3 is 14.8 Å². The maximum atomic E-state index is 12.6. The van der Waals surface area contributed by atoms with Crippen molar-refractivity contribution in [2.75, 3.05) is 19.5 Å². The molecule has 6 nitrogen and oxygen atoms in total. The Balaban J connectivity index is 2.12. The molecule has 1 atom stereocenters. The molecule has 0 aliphatic carbocycles. The Morgan fingerprint density at radius 2 is 2.04 bits per heavy atom. The monoisotopic (exact) mass is 347 g/mol. The summed E-state index contributed by atoms with van der Waals surface area (Å²) in [6.07, 6.45) is 2.19. The molecule has 0 bridgehead atoms. The summed E-state index contributed by atoms with van der Waals surface area (Å²) in [5.74, 6) is 1.13. The first kappa shape index (κ1) is 18.1. The molecule has 1 aromatic heterocycles. The van der Waals surface area contributed by atoms with Crippen LogP contribution in [0.4, 0.5) is 5.69 Å². The van der Waals surface area contributed by atoms with Gasteiger partial charge in [-0.05, 0) is 31.5 Å². The lowest BCUT2D eigenvalue weighted by molar-refractivity contribution is -0.115. The van der Waals surface area contributed by atoms with E-state index in [1.54, 1.807) is 32.4 Å². The molecule has 0 aliphatic rings. The number of aryl methyl sites for hydroxylation is 1. The molecule has 7 heteroatoms. The van der Waals surface area contributed by atoms with Gasteiger partial charge in [0, 0.05) is 11.8 Å². The summed E-state index contributed by atoms with van der Waals surface area (Å²) in [7, 11) is 3.14. The fourth-order valence-electron chi connectivity index (χ4n) is 2.08. The second kappa shape index (κ2) is 8.54.